The highest BCUT2D eigenvalue weighted by Gasteiger charge is 2.25. The van der Waals surface area contributed by atoms with Crippen LogP contribution in [0.25, 0.3) is 0 Å². The summed E-state index contributed by atoms with van der Waals surface area (Å²) in [5.74, 6) is 0.0851. The smallest absolute Gasteiger partial charge is 0.261 e. The quantitative estimate of drug-likeness (QED) is 0.466. The Balaban J connectivity index is 1.43. The van der Waals surface area contributed by atoms with Gasteiger partial charge in [0.2, 0.25) is 11.8 Å². The van der Waals surface area contributed by atoms with Crippen LogP contribution >= 0.6 is 0 Å². The molecule has 10 heteroatoms. The molecule has 2 aromatic carbocycles. The highest BCUT2D eigenvalue weighted by atomic mass is 32.2. The van der Waals surface area contributed by atoms with Crippen molar-refractivity contribution in [2.24, 2.45) is 0 Å². The molecule has 33 heavy (non-hydrogen) atoms. The lowest BCUT2D eigenvalue weighted by molar-refractivity contribution is -0.114. The normalized spacial score (nSPS) is 13.1. The van der Waals surface area contributed by atoms with E-state index in [0.717, 1.165) is 12.8 Å². The van der Waals surface area contributed by atoms with E-state index in [1.165, 1.54) is 37.4 Å². The lowest BCUT2D eigenvalue weighted by Gasteiger charge is -2.12. The van der Waals surface area contributed by atoms with Gasteiger partial charge in [0.1, 0.15) is 11.3 Å². The first-order valence-corrected chi connectivity index (χ1v) is 11.7. The van der Waals surface area contributed by atoms with Gasteiger partial charge in [-0.3, -0.25) is 14.3 Å². The van der Waals surface area contributed by atoms with Gasteiger partial charge in [-0.05, 0) is 73.5 Å². The number of carbonyl (C=O) groups excluding carboxylic acids is 2. The summed E-state index contributed by atoms with van der Waals surface area (Å²) in [7, 11) is -3.82. The zero-order chi connectivity index (χ0) is 23.4. The Bertz CT molecular complexity index is 1270. The van der Waals surface area contributed by atoms with Gasteiger partial charge in [-0.25, -0.2) is 13.4 Å². The standard InChI is InChI=1S/C23H22N4O5S/c1-15(28)25-16-8-12-20(13-9-16)33(30,31)27-18-6-10-19(11-7-18)32-23-21(3-2-14-24-23)22(29)26-17-4-5-17/h2-3,6-14,17,27H,4-5H2,1H3,(H,25,28)(H,26,29). The summed E-state index contributed by atoms with van der Waals surface area (Å²) in [6.45, 7) is 1.37. The van der Waals surface area contributed by atoms with Crippen LogP contribution in [0.15, 0.2) is 71.8 Å². The van der Waals surface area contributed by atoms with Gasteiger partial charge >= 0.3 is 0 Å². The summed E-state index contributed by atoms with van der Waals surface area (Å²) in [6, 6.07) is 15.6. The first-order valence-electron chi connectivity index (χ1n) is 10.2. The first-order chi connectivity index (χ1) is 15.8. The van der Waals surface area contributed by atoms with Crippen molar-refractivity contribution < 1.29 is 22.7 Å². The number of ether oxygens (including phenoxy) is 1. The number of aromatic nitrogens is 1. The Morgan fingerprint density at radius 3 is 2.27 bits per heavy atom. The average Bonchev–Trinajstić information content (AvgIpc) is 3.59. The number of benzene rings is 2. The van der Waals surface area contributed by atoms with Gasteiger partial charge in [0.15, 0.2) is 0 Å². The van der Waals surface area contributed by atoms with Gasteiger partial charge in [0.25, 0.3) is 15.9 Å². The van der Waals surface area contributed by atoms with Gasteiger partial charge in [0.05, 0.1) is 4.90 Å². The monoisotopic (exact) mass is 466 g/mol. The Morgan fingerprint density at radius 2 is 1.64 bits per heavy atom. The molecule has 2 amide bonds. The van der Waals surface area contributed by atoms with E-state index >= 15 is 0 Å². The van der Waals surface area contributed by atoms with E-state index in [2.05, 4.69) is 20.3 Å². The molecule has 9 nitrogen and oxygen atoms in total. The molecule has 1 aromatic heterocycles. The SMILES string of the molecule is CC(=O)Nc1ccc(S(=O)(=O)Nc2ccc(Oc3ncccc3C(=O)NC3CC3)cc2)cc1. The number of rotatable bonds is 8. The molecule has 1 aliphatic rings. The Labute approximate surface area is 191 Å². The fourth-order valence-corrected chi connectivity index (χ4v) is 4.03. The lowest BCUT2D eigenvalue weighted by Crippen LogP contribution is -2.25. The molecular weight excluding hydrogens is 444 g/mol. The summed E-state index contributed by atoms with van der Waals surface area (Å²) < 4.78 is 33.5. The largest absolute Gasteiger partial charge is 0.438 e. The minimum absolute atomic E-state index is 0.0525. The molecular formula is C23H22N4O5S. The lowest BCUT2D eigenvalue weighted by atomic mass is 10.2. The van der Waals surface area contributed by atoms with Crippen LogP contribution in [-0.4, -0.2) is 31.3 Å². The van der Waals surface area contributed by atoms with Crippen LogP contribution < -0.4 is 20.1 Å². The molecule has 0 bridgehead atoms. The van der Waals surface area contributed by atoms with Crippen molar-refractivity contribution in [1.29, 1.82) is 0 Å². The first kappa shape index (κ1) is 22.3. The van der Waals surface area contributed by atoms with Gasteiger partial charge < -0.3 is 15.4 Å². The van der Waals surface area contributed by atoms with Gasteiger partial charge in [-0.15, -0.1) is 0 Å². The molecule has 0 atom stereocenters. The maximum absolute atomic E-state index is 12.6. The predicted molar refractivity (Wildman–Crippen MR) is 123 cm³/mol. The van der Waals surface area contributed by atoms with Crippen molar-refractivity contribution in [2.45, 2.75) is 30.7 Å². The number of amides is 2. The number of anilines is 2. The van der Waals surface area contributed by atoms with Gasteiger partial charge in [0, 0.05) is 30.5 Å². The second kappa shape index (κ2) is 9.29. The third-order valence-electron chi connectivity index (χ3n) is 4.73. The zero-order valence-corrected chi connectivity index (χ0v) is 18.6. The van der Waals surface area contributed by atoms with E-state index in [-0.39, 0.29) is 28.6 Å². The molecule has 3 N–H and O–H groups in total. The minimum atomic E-state index is -3.82. The Kier molecular flexibility index (Phi) is 6.27. The van der Waals surface area contributed by atoms with Crippen molar-refractivity contribution in [3.63, 3.8) is 0 Å². The van der Waals surface area contributed by atoms with Crippen LogP contribution in [0.1, 0.15) is 30.1 Å². The maximum Gasteiger partial charge on any atom is 0.261 e. The predicted octanol–water partition coefficient (Wildman–Crippen LogP) is 3.53. The summed E-state index contributed by atoms with van der Waals surface area (Å²) in [5.41, 5.74) is 1.17. The zero-order valence-electron chi connectivity index (χ0n) is 17.7. The number of carbonyl (C=O) groups is 2. The third kappa shape index (κ3) is 5.86. The summed E-state index contributed by atoms with van der Waals surface area (Å²) in [5, 5.41) is 5.49. The van der Waals surface area contributed by atoms with Crippen molar-refractivity contribution >= 4 is 33.2 Å². The number of nitrogens with zero attached hydrogens (tertiary/aromatic N) is 1. The van der Waals surface area contributed by atoms with Gasteiger partial charge in [-0.2, -0.15) is 0 Å². The molecule has 0 unspecified atom stereocenters. The van der Waals surface area contributed by atoms with E-state index in [1.54, 1.807) is 36.4 Å². The second-order valence-electron chi connectivity index (χ2n) is 7.54. The number of pyridine rings is 1. The highest BCUT2D eigenvalue weighted by Crippen LogP contribution is 2.27. The molecule has 3 aromatic rings. The number of sulfonamides is 1. The van der Waals surface area contributed by atoms with Crippen molar-refractivity contribution in [1.82, 2.24) is 10.3 Å². The van der Waals surface area contributed by atoms with Crippen molar-refractivity contribution in [2.75, 3.05) is 10.0 Å². The minimum Gasteiger partial charge on any atom is -0.438 e. The third-order valence-corrected chi connectivity index (χ3v) is 6.13. The fourth-order valence-electron chi connectivity index (χ4n) is 2.97. The summed E-state index contributed by atoms with van der Waals surface area (Å²) in [4.78, 5) is 27.7. The van der Waals surface area contributed by atoms with E-state index in [9.17, 15) is 18.0 Å². The van der Waals surface area contributed by atoms with Crippen LogP contribution in [0.3, 0.4) is 0 Å². The highest BCUT2D eigenvalue weighted by molar-refractivity contribution is 7.92. The average molecular weight is 467 g/mol. The van der Waals surface area contributed by atoms with Crippen LogP contribution in [0, 0.1) is 0 Å². The molecule has 0 aliphatic heterocycles. The molecule has 1 saturated carbocycles. The number of hydrogen-bond donors (Lipinski definition) is 3. The van der Waals surface area contributed by atoms with Gasteiger partial charge in [-0.1, -0.05) is 0 Å². The molecule has 1 fully saturated rings. The fraction of sp³-hybridized carbons (Fsp3) is 0.174. The van der Waals surface area contributed by atoms with Crippen molar-refractivity contribution in [3.8, 4) is 11.6 Å². The van der Waals surface area contributed by atoms with E-state index in [0.29, 0.717) is 22.7 Å². The second-order valence-corrected chi connectivity index (χ2v) is 9.22. The molecule has 1 heterocycles. The molecule has 4 rings (SSSR count). The van der Waals surface area contributed by atoms with E-state index in [1.807, 2.05) is 0 Å². The summed E-state index contributed by atoms with van der Waals surface area (Å²) >= 11 is 0. The molecule has 0 spiro atoms. The Hall–Kier alpha value is -3.92. The summed E-state index contributed by atoms with van der Waals surface area (Å²) in [6.07, 6.45) is 3.47. The Morgan fingerprint density at radius 1 is 0.970 bits per heavy atom. The van der Waals surface area contributed by atoms with Crippen LogP contribution in [-0.2, 0) is 14.8 Å². The van der Waals surface area contributed by atoms with Crippen LogP contribution in [0.4, 0.5) is 11.4 Å². The molecule has 0 saturated heterocycles. The topological polar surface area (TPSA) is 126 Å². The number of hydrogen-bond acceptors (Lipinski definition) is 6. The van der Waals surface area contributed by atoms with E-state index < -0.39 is 10.0 Å². The van der Waals surface area contributed by atoms with E-state index in [4.69, 9.17) is 4.74 Å². The van der Waals surface area contributed by atoms with Crippen LogP contribution in [0.5, 0.6) is 11.6 Å². The maximum atomic E-state index is 12.6. The molecule has 170 valence electrons. The molecule has 0 radical (unpaired) electrons. The molecule has 1 aliphatic carbocycles. The van der Waals surface area contributed by atoms with Crippen molar-refractivity contribution in [3.05, 3.63) is 72.4 Å². The van der Waals surface area contributed by atoms with Crippen LogP contribution in [0.2, 0.25) is 0 Å². The number of nitrogens with one attached hydrogen (secondary N) is 3.